The fourth-order valence-corrected chi connectivity index (χ4v) is 1.56. The molecule has 2 aromatic rings. The van der Waals surface area contributed by atoms with Crippen molar-refractivity contribution in [3.8, 4) is 0 Å². The molecule has 2 aromatic heterocycles. The number of aryl methyl sites for hydroxylation is 2. The molecule has 2 rings (SSSR count). The van der Waals surface area contributed by atoms with Gasteiger partial charge in [0.2, 0.25) is 0 Å². The molecule has 19 heavy (non-hydrogen) atoms. The Hall–Kier alpha value is -2.05. The third kappa shape index (κ3) is 3.04. The predicted octanol–water partition coefficient (Wildman–Crippen LogP) is 3.32. The summed E-state index contributed by atoms with van der Waals surface area (Å²) in [6.45, 7) is 3.75. The average Bonchev–Trinajstić information content (AvgIpc) is 2.72. The molecule has 7 heteroatoms. The summed E-state index contributed by atoms with van der Waals surface area (Å²) in [6.07, 6.45) is -2.06. The van der Waals surface area contributed by atoms with E-state index in [2.05, 4.69) is 15.5 Å². The van der Waals surface area contributed by atoms with E-state index >= 15 is 0 Å². The third-order valence-electron chi connectivity index (χ3n) is 2.68. The number of halogens is 3. The molecule has 0 aliphatic rings. The average molecular weight is 271 g/mol. The second kappa shape index (κ2) is 4.91. The molecule has 102 valence electrons. The Morgan fingerprint density at radius 2 is 2.00 bits per heavy atom. The summed E-state index contributed by atoms with van der Waals surface area (Å²) in [5, 5.41) is 6.71. The van der Waals surface area contributed by atoms with Crippen molar-refractivity contribution in [2.45, 2.75) is 26.6 Å². The number of alkyl halides is 3. The Balaban J connectivity index is 2.12. The summed E-state index contributed by atoms with van der Waals surface area (Å²) < 4.78 is 42.2. The smallest absolute Gasteiger partial charge is 0.364 e. The first-order valence-electron chi connectivity index (χ1n) is 5.55. The standard InChI is InChI=1S/C12H12F3N3O/c1-7-3-9(12(13,14)15)4-16-11(7)17-5-10-8(2)6-19-18-10/h3-4,6H,5H2,1-2H3,(H,16,17). The molecule has 0 spiro atoms. The van der Waals surface area contributed by atoms with E-state index in [-0.39, 0.29) is 0 Å². The number of nitrogens with one attached hydrogen (secondary N) is 1. The van der Waals surface area contributed by atoms with E-state index in [4.69, 9.17) is 4.52 Å². The first kappa shape index (κ1) is 13.4. The van der Waals surface area contributed by atoms with Crippen LogP contribution in [0.2, 0.25) is 0 Å². The van der Waals surface area contributed by atoms with Gasteiger partial charge in [-0.3, -0.25) is 0 Å². The first-order valence-corrected chi connectivity index (χ1v) is 5.55. The van der Waals surface area contributed by atoms with E-state index in [0.29, 0.717) is 23.6 Å². The number of hydrogen-bond acceptors (Lipinski definition) is 4. The van der Waals surface area contributed by atoms with Crippen LogP contribution in [0, 0.1) is 13.8 Å². The van der Waals surface area contributed by atoms with Gasteiger partial charge in [0.25, 0.3) is 0 Å². The summed E-state index contributed by atoms with van der Waals surface area (Å²) in [5.74, 6) is 0.399. The molecule has 0 bridgehead atoms. The molecular formula is C12H12F3N3O. The normalized spacial score (nSPS) is 11.6. The van der Waals surface area contributed by atoms with Gasteiger partial charge in [0.05, 0.1) is 12.1 Å². The Morgan fingerprint density at radius 1 is 1.26 bits per heavy atom. The van der Waals surface area contributed by atoms with Crippen LogP contribution in [0.5, 0.6) is 0 Å². The van der Waals surface area contributed by atoms with Crippen molar-refractivity contribution < 1.29 is 17.7 Å². The highest BCUT2D eigenvalue weighted by Crippen LogP contribution is 2.30. The van der Waals surface area contributed by atoms with Gasteiger partial charge in [-0.1, -0.05) is 5.16 Å². The van der Waals surface area contributed by atoms with Crippen LogP contribution < -0.4 is 5.32 Å². The van der Waals surface area contributed by atoms with Crippen molar-refractivity contribution >= 4 is 5.82 Å². The molecular weight excluding hydrogens is 259 g/mol. The summed E-state index contributed by atoms with van der Waals surface area (Å²) in [7, 11) is 0. The lowest BCUT2D eigenvalue weighted by molar-refractivity contribution is -0.137. The van der Waals surface area contributed by atoms with E-state index < -0.39 is 11.7 Å². The predicted molar refractivity (Wildman–Crippen MR) is 62.5 cm³/mol. The highest BCUT2D eigenvalue weighted by molar-refractivity contribution is 5.45. The number of rotatable bonds is 3. The zero-order valence-corrected chi connectivity index (χ0v) is 10.4. The summed E-state index contributed by atoms with van der Waals surface area (Å²) >= 11 is 0. The van der Waals surface area contributed by atoms with Gasteiger partial charge in [0, 0.05) is 11.8 Å². The number of pyridine rings is 1. The lowest BCUT2D eigenvalue weighted by Crippen LogP contribution is -2.09. The quantitative estimate of drug-likeness (QED) is 0.930. The number of anilines is 1. The Morgan fingerprint density at radius 3 is 2.53 bits per heavy atom. The zero-order valence-electron chi connectivity index (χ0n) is 10.4. The van der Waals surface area contributed by atoms with E-state index in [9.17, 15) is 13.2 Å². The molecule has 0 fully saturated rings. The van der Waals surface area contributed by atoms with E-state index in [1.54, 1.807) is 6.92 Å². The summed E-state index contributed by atoms with van der Waals surface area (Å²) in [4.78, 5) is 3.78. The second-order valence-corrected chi connectivity index (χ2v) is 4.19. The molecule has 0 saturated heterocycles. The minimum absolute atomic E-state index is 0.349. The maximum atomic E-state index is 12.5. The minimum atomic E-state index is -4.38. The van der Waals surface area contributed by atoms with Gasteiger partial charge in [0.15, 0.2) is 0 Å². The van der Waals surface area contributed by atoms with Gasteiger partial charge >= 0.3 is 6.18 Å². The van der Waals surface area contributed by atoms with Crippen LogP contribution >= 0.6 is 0 Å². The van der Waals surface area contributed by atoms with Gasteiger partial charge in [0.1, 0.15) is 17.8 Å². The summed E-state index contributed by atoms with van der Waals surface area (Å²) in [5.41, 5.74) is 1.24. The Kier molecular flexibility index (Phi) is 3.46. The van der Waals surface area contributed by atoms with Gasteiger partial charge < -0.3 is 9.84 Å². The molecule has 0 aromatic carbocycles. The van der Waals surface area contributed by atoms with Gasteiger partial charge in [-0.15, -0.1) is 0 Å². The third-order valence-corrected chi connectivity index (χ3v) is 2.68. The largest absolute Gasteiger partial charge is 0.417 e. The van der Waals surface area contributed by atoms with E-state index in [1.807, 2.05) is 6.92 Å². The molecule has 1 N–H and O–H groups in total. The molecule has 0 saturated carbocycles. The van der Waals surface area contributed by atoms with Crippen LogP contribution in [0.3, 0.4) is 0 Å². The van der Waals surface area contributed by atoms with Crippen LogP contribution in [-0.2, 0) is 12.7 Å². The number of aromatic nitrogens is 2. The maximum Gasteiger partial charge on any atom is 0.417 e. The fourth-order valence-electron chi connectivity index (χ4n) is 1.56. The second-order valence-electron chi connectivity index (χ2n) is 4.19. The van der Waals surface area contributed by atoms with Gasteiger partial charge in [-0.2, -0.15) is 13.2 Å². The highest BCUT2D eigenvalue weighted by atomic mass is 19.4. The van der Waals surface area contributed by atoms with Crippen molar-refractivity contribution in [3.05, 3.63) is 40.9 Å². The van der Waals surface area contributed by atoms with E-state index in [1.165, 1.54) is 6.26 Å². The van der Waals surface area contributed by atoms with Crippen molar-refractivity contribution in [3.63, 3.8) is 0 Å². The lowest BCUT2D eigenvalue weighted by Gasteiger charge is -2.11. The van der Waals surface area contributed by atoms with Crippen LogP contribution in [0.15, 0.2) is 23.0 Å². The SMILES string of the molecule is Cc1conc1CNc1ncc(C(F)(F)F)cc1C. The van der Waals surface area contributed by atoms with Crippen LogP contribution in [0.4, 0.5) is 19.0 Å². The van der Waals surface area contributed by atoms with Crippen LogP contribution in [0.25, 0.3) is 0 Å². The van der Waals surface area contributed by atoms with Crippen LogP contribution in [-0.4, -0.2) is 10.1 Å². The highest BCUT2D eigenvalue weighted by Gasteiger charge is 2.31. The van der Waals surface area contributed by atoms with Gasteiger partial charge in [-0.25, -0.2) is 4.98 Å². The van der Waals surface area contributed by atoms with Crippen molar-refractivity contribution in [2.24, 2.45) is 0 Å². The summed E-state index contributed by atoms with van der Waals surface area (Å²) in [6, 6.07) is 1.06. The topological polar surface area (TPSA) is 51.0 Å². The Bertz CT molecular complexity index is 578. The molecule has 4 nitrogen and oxygen atoms in total. The fraction of sp³-hybridized carbons (Fsp3) is 0.333. The van der Waals surface area contributed by atoms with E-state index in [0.717, 1.165) is 17.8 Å². The molecule has 0 radical (unpaired) electrons. The number of nitrogens with zero attached hydrogens (tertiary/aromatic N) is 2. The Labute approximate surface area is 107 Å². The van der Waals surface area contributed by atoms with Crippen molar-refractivity contribution in [1.29, 1.82) is 0 Å². The van der Waals surface area contributed by atoms with Crippen molar-refractivity contribution in [1.82, 2.24) is 10.1 Å². The van der Waals surface area contributed by atoms with Crippen LogP contribution in [0.1, 0.15) is 22.4 Å². The molecule has 0 atom stereocenters. The van der Waals surface area contributed by atoms with Crippen molar-refractivity contribution in [2.75, 3.05) is 5.32 Å². The number of hydrogen-bond donors (Lipinski definition) is 1. The molecule has 0 amide bonds. The molecule has 0 unspecified atom stereocenters. The van der Waals surface area contributed by atoms with Gasteiger partial charge in [-0.05, 0) is 25.5 Å². The molecule has 2 heterocycles. The molecule has 0 aliphatic heterocycles. The monoisotopic (exact) mass is 271 g/mol. The maximum absolute atomic E-state index is 12.5. The zero-order chi connectivity index (χ0) is 14.0. The molecule has 0 aliphatic carbocycles. The first-order chi connectivity index (χ1) is 8.88. The lowest BCUT2D eigenvalue weighted by atomic mass is 10.2. The minimum Gasteiger partial charge on any atom is -0.364 e.